The van der Waals surface area contributed by atoms with Gasteiger partial charge in [0.1, 0.15) is 0 Å². The lowest BCUT2D eigenvalue weighted by molar-refractivity contribution is -0.122. The zero-order valence-corrected chi connectivity index (χ0v) is 11.9. The summed E-state index contributed by atoms with van der Waals surface area (Å²) in [6.45, 7) is 2.89. The first-order valence-electron chi connectivity index (χ1n) is 6.86. The molecular formula is C15H20N2O3. The molecule has 0 radical (unpaired) electrons. The molecule has 2 N–H and O–H groups in total. The van der Waals surface area contributed by atoms with E-state index in [2.05, 4.69) is 15.4 Å². The standard InChI is InChI=1S/C15H20N2O3/c1-3-15(9-4-10-16-15)14(19)17-12-7-5-11(6-8-12)13(18)20-2/h5-8,16H,3-4,9-10H2,1-2H3,(H,17,19). The van der Waals surface area contributed by atoms with E-state index >= 15 is 0 Å². The Labute approximate surface area is 118 Å². The van der Waals surface area contributed by atoms with Gasteiger partial charge in [-0.25, -0.2) is 4.79 Å². The van der Waals surface area contributed by atoms with E-state index in [1.54, 1.807) is 24.3 Å². The third-order valence-electron chi connectivity index (χ3n) is 3.85. The Morgan fingerprint density at radius 3 is 2.55 bits per heavy atom. The molecule has 5 nitrogen and oxygen atoms in total. The third-order valence-corrected chi connectivity index (χ3v) is 3.85. The van der Waals surface area contributed by atoms with Gasteiger partial charge >= 0.3 is 5.97 Å². The fraction of sp³-hybridized carbons (Fsp3) is 0.467. The smallest absolute Gasteiger partial charge is 0.337 e. The lowest BCUT2D eigenvalue weighted by atomic mass is 9.93. The van der Waals surface area contributed by atoms with E-state index in [9.17, 15) is 9.59 Å². The van der Waals surface area contributed by atoms with Crippen LogP contribution in [0.25, 0.3) is 0 Å². The fourth-order valence-corrected chi connectivity index (χ4v) is 2.52. The Balaban J connectivity index is 2.06. The van der Waals surface area contributed by atoms with Crippen molar-refractivity contribution in [1.29, 1.82) is 0 Å². The molecule has 1 saturated heterocycles. The van der Waals surface area contributed by atoms with Crippen LogP contribution < -0.4 is 10.6 Å². The van der Waals surface area contributed by atoms with Crippen LogP contribution in [0.15, 0.2) is 24.3 Å². The number of carbonyl (C=O) groups is 2. The lowest BCUT2D eigenvalue weighted by Crippen LogP contribution is -2.50. The normalized spacial score (nSPS) is 21.5. The van der Waals surface area contributed by atoms with Gasteiger partial charge in [-0.3, -0.25) is 4.79 Å². The van der Waals surface area contributed by atoms with Gasteiger partial charge in [0.05, 0.1) is 18.2 Å². The molecule has 5 heteroatoms. The second-order valence-electron chi connectivity index (χ2n) is 4.99. The zero-order valence-electron chi connectivity index (χ0n) is 11.9. The molecule has 0 spiro atoms. The molecule has 0 bridgehead atoms. The highest BCUT2D eigenvalue weighted by Gasteiger charge is 2.38. The van der Waals surface area contributed by atoms with Gasteiger partial charge in [-0.2, -0.15) is 0 Å². The summed E-state index contributed by atoms with van der Waals surface area (Å²) in [5.74, 6) is -0.395. The number of methoxy groups -OCH3 is 1. The van der Waals surface area contributed by atoms with E-state index in [4.69, 9.17) is 0 Å². The Bertz CT molecular complexity index is 490. The molecule has 108 valence electrons. The summed E-state index contributed by atoms with van der Waals surface area (Å²) < 4.78 is 4.64. The Hall–Kier alpha value is -1.88. The SMILES string of the molecule is CCC1(C(=O)Nc2ccc(C(=O)OC)cc2)CCCN1. The molecule has 2 rings (SSSR count). The number of hydrogen-bond donors (Lipinski definition) is 2. The number of ether oxygens (including phenoxy) is 1. The van der Waals surface area contributed by atoms with E-state index in [0.717, 1.165) is 25.8 Å². The molecule has 1 aliphatic heterocycles. The first-order valence-corrected chi connectivity index (χ1v) is 6.86. The van der Waals surface area contributed by atoms with E-state index < -0.39 is 5.54 Å². The summed E-state index contributed by atoms with van der Waals surface area (Å²) in [7, 11) is 1.34. The van der Waals surface area contributed by atoms with Crippen LogP contribution in [0.3, 0.4) is 0 Å². The predicted molar refractivity (Wildman–Crippen MR) is 76.7 cm³/mol. The van der Waals surface area contributed by atoms with E-state index in [0.29, 0.717) is 11.3 Å². The molecule has 0 saturated carbocycles. The maximum absolute atomic E-state index is 12.4. The number of amides is 1. The molecule has 1 heterocycles. The van der Waals surface area contributed by atoms with Crippen molar-refractivity contribution in [3.63, 3.8) is 0 Å². The first-order chi connectivity index (χ1) is 9.61. The monoisotopic (exact) mass is 276 g/mol. The minimum absolute atomic E-state index is 0.0108. The van der Waals surface area contributed by atoms with Gasteiger partial charge < -0.3 is 15.4 Å². The molecule has 1 aromatic carbocycles. The fourth-order valence-electron chi connectivity index (χ4n) is 2.52. The van der Waals surface area contributed by atoms with Crippen LogP contribution in [0.4, 0.5) is 5.69 Å². The highest BCUT2D eigenvalue weighted by molar-refractivity contribution is 5.98. The van der Waals surface area contributed by atoms with Gasteiger partial charge in [-0.1, -0.05) is 6.92 Å². The van der Waals surface area contributed by atoms with Crippen molar-refractivity contribution in [1.82, 2.24) is 5.32 Å². The highest BCUT2D eigenvalue weighted by Crippen LogP contribution is 2.25. The maximum Gasteiger partial charge on any atom is 0.337 e. The first kappa shape index (κ1) is 14.5. The number of nitrogens with one attached hydrogen (secondary N) is 2. The Morgan fingerprint density at radius 1 is 1.35 bits per heavy atom. The third kappa shape index (κ3) is 2.82. The van der Waals surface area contributed by atoms with Crippen molar-refractivity contribution in [2.75, 3.05) is 19.0 Å². The van der Waals surface area contributed by atoms with Gasteiger partial charge in [-0.05, 0) is 50.1 Å². The quantitative estimate of drug-likeness (QED) is 0.825. The van der Waals surface area contributed by atoms with Gasteiger partial charge in [-0.15, -0.1) is 0 Å². The van der Waals surface area contributed by atoms with Crippen LogP contribution in [0.1, 0.15) is 36.5 Å². The van der Waals surface area contributed by atoms with E-state index in [-0.39, 0.29) is 11.9 Å². The summed E-state index contributed by atoms with van der Waals surface area (Å²) >= 11 is 0. The average molecular weight is 276 g/mol. The molecule has 1 amide bonds. The number of carbonyl (C=O) groups excluding carboxylic acids is 2. The zero-order chi connectivity index (χ0) is 14.6. The molecule has 1 aliphatic rings. The van der Waals surface area contributed by atoms with Gasteiger partial charge in [0.15, 0.2) is 0 Å². The number of hydrogen-bond acceptors (Lipinski definition) is 4. The number of rotatable bonds is 4. The van der Waals surface area contributed by atoms with Crippen LogP contribution in [0.2, 0.25) is 0 Å². The van der Waals surface area contributed by atoms with Gasteiger partial charge in [0.2, 0.25) is 5.91 Å². The van der Waals surface area contributed by atoms with Crippen LogP contribution in [-0.2, 0) is 9.53 Å². The minimum atomic E-state index is -0.457. The lowest BCUT2D eigenvalue weighted by Gasteiger charge is -2.26. The van der Waals surface area contributed by atoms with Crippen molar-refractivity contribution in [3.05, 3.63) is 29.8 Å². The number of anilines is 1. The van der Waals surface area contributed by atoms with Crippen LogP contribution in [-0.4, -0.2) is 31.1 Å². The van der Waals surface area contributed by atoms with Crippen LogP contribution in [0.5, 0.6) is 0 Å². The van der Waals surface area contributed by atoms with Gasteiger partial charge in [0, 0.05) is 5.69 Å². The van der Waals surface area contributed by atoms with Crippen molar-refractivity contribution >= 4 is 17.6 Å². The largest absolute Gasteiger partial charge is 0.465 e. The second kappa shape index (κ2) is 6.05. The predicted octanol–water partition coefficient (Wildman–Crippen LogP) is 1.94. The minimum Gasteiger partial charge on any atom is -0.465 e. The molecular weight excluding hydrogens is 256 g/mol. The summed E-state index contributed by atoms with van der Waals surface area (Å²) in [4.78, 5) is 23.7. The van der Waals surface area contributed by atoms with Gasteiger partial charge in [0.25, 0.3) is 0 Å². The molecule has 1 fully saturated rings. The van der Waals surface area contributed by atoms with Crippen molar-refractivity contribution in [2.45, 2.75) is 31.7 Å². The van der Waals surface area contributed by atoms with Crippen LogP contribution in [0, 0.1) is 0 Å². The van der Waals surface area contributed by atoms with Crippen LogP contribution >= 0.6 is 0 Å². The molecule has 0 aliphatic carbocycles. The number of benzene rings is 1. The van der Waals surface area contributed by atoms with Crippen molar-refractivity contribution in [3.8, 4) is 0 Å². The topological polar surface area (TPSA) is 67.4 Å². The highest BCUT2D eigenvalue weighted by atomic mass is 16.5. The second-order valence-corrected chi connectivity index (χ2v) is 4.99. The Kier molecular flexibility index (Phi) is 4.39. The van der Waals surface area contributed by atoms with E-state index in [1.165, 1.54) is 7.11 Å². The molecule has 1 atom stereocenters. The summed E-state index contributed by atoms with van der Waals surface area (Å²) in [5.41, 5.74) is 0.694. The molecule has 1 aromatic rings. The molecule has 0 aromatic heterocycles. The average Bonchev–Trinajstić information content (AvgIpc) is 2.97. The number of esters is 1. The van der Waals surface area contributed by atoms with Crippen molar-refractivity contribution < 1.29 is 14.3 Å². The molecule has 20 heavy (non-hydrogen) atoms. The van der Waals surface area contributed by atoms with Crippen molar-refractivity contribution in [2.24, 2.45) is 0 Å². The van der Waals surface area contributed by atoms with E-state index in [1.807, 2.05) is 6.92 Å². The maximum atomic E-state index is 12.4. The summed E-state index contributed by atoms with van der Waals surface area (Å²) in [6.07, 6.45) is 2.64. The molecule has 1 unspecified atom stereocenters. The summed E-state index contributed by atoms with van der Waals surface area (Å²) in [6, 6.07) is 6.70. The Morgan fingerprint density at radius 2 is 2.05 bits per heavy atom. The summed E-state index contributed by atoms with van der Waals surface area (Å²) in [5, 5.41) is 6.20.